The molecule has 33 heavy (non-hydrogen) atoms. The van der Waals surface area contributed by atoms with Crippen LogP contribution in [0.4, 0.5) is 17.1 Å². The first-order valence-electron chi connectivity index (χ1n) is 11.3. The molecule has 1 amide bonds. The second kappa shape index (κ2) is 15.2. The Balaban J connectivity index is 0.00000544. The van der Waals surface area contributed by atoms with Crippen LogP contribution in [0.15, 0.2) is 66.7 Å². The largest absolute Gasteiger partial charge is 0.500 e. The molecule has 0 unspecified atom stereocenters. The number of nitrogens with zero attached hydrogens (tertiary/aromatic N) is 1. The Bertz CT molecular complexity index is 832. The number of amides is 1. The number of carbonyl (C=O) groups excluding carboxylic acids is 1. The minimum atomic E-state index is -2.68. The van der Waals surface area contributed by atoms with Gasteiger partial charge in [0.15, 0.2) is 0 Å². The maximum absolute atomic E-state index is 11.9. The fourth-order valence-corrected chi connectivity index (χ4v) is 6.03. The van der Waals surface area contributed by atoms with Crippen LogP contribution in [0.1, 0.15) is 34.1 Å². The van der Waals surface area contributed by atoms with Crippen LogP contribution in [0.3, 0.4) is 0 Å². The number of rotatable bonds is 14. The molecule has 182 valence electrons. The van der Waals surface area contributed by atoms with Gasteiger partial charge in [0.2, 0.25) is 0 Å². The highest BCUT2D eigenvalue weighted by Gasteiger charge is 2.39. The van der Waals surface area contributed by atoms with E-state index in [1.54, 1.807) is 6.92 Å². The van der Waals surface area contributed by atoms with Crippen LogP contribution in [0, 0.1) is 0 Å². The van der Waals surface area contributed by atoms with Gasteiger partial charge in [-0.1, -0.05) is 24.8 Å². The lowest BCUT2D eigenvalue weighted by molar-refractivity contribution is -0.112. The molecule has 2 aromatic rings. The quantitative estimate of drug-likeness (QED) is 0.158. The molecule has 0 aliphatic carbocycles. The van der Waals surface area contributed by atoms with Gasteiger partial charge in [-0.15, -0.1) is 24.0 Å². The second-order valence-corrected chi connectivity index (χ2v) is 10.1. The summed E-state index contributed by atoms with van der Waals surface area (Å²) in [5, 5.41) is 2.85. The maximum atomic E-state index is 11.9. The lowest BCUT2D eigenvalue weighted by Crippen LogP contribution is -2.46. The van der Waals surface area contributed by atoms with Crippen LogP contribution in [-0.2, 0) is 18.1 Å². The molecule has 6 nitrogen and oxygen atoms in total. The summed E-state index contributed by atoms with van der Waals surface area (Å²) >= 11 is 0. The summed E-state index contributed by atoms with van der Waals surface area (Å²) in [6.07, 6.45) is 0.856. The van der Waals surface area contributed by atoms with Crippen LogP contribution >= 0.6 is 24.0 Å². The SMILES string of the molecule is C=C(C)C(=O)Nc1ccc(N(CCC[Si](OCC)(OCC)OCC)c2ccccc2)cc1.I. The van der Waals surface area contributed by atoms with Gasteiger partial charge < -0.3 is 23.5 Å². The summed E-state index contributed by atoms with van der Waals surface area (Å²) in [6, 6.07) is 18.8. The molecule has 0 aliphatic heterocycles. The van der Waals surface area contributed by atoms with Crippen LogP contribution in [0.25, 0.3) is 0 Å². The van der Waals surface area contributed by atoms with Gasteiger partial charge >= 0.3 is 8.80 Å². The van der Waals surface area contributed by atoms with Crippen molar-refractivity contribution in [1.82, 2.24) is 0 Å². The van der Waals surface area contributed by atoms with Crippen molar-refractivity contribution in [3.8, 4) is 0 Å². The van der Waals surface area contributed by atoms with Crippen LogP contribution in [0.2, 0.25) is 6.04 Å². The lowest BCUT2D eigenvalue weighted by atomic mass is 10.2. The number of hydrogen-bond donors (Lipinski definition) is 1. The van der Waals surface area contributed by atoms with Crippen LogP contribution in [0.5, 0.6) is 0 Å². The first-order valence-corrected chi connectivity index (χ1v) is 13.2. The van der Waals surface area contributed by atoms with Crippen molar-refractivity contribution in [2.45, 2.75) is 40.2 Å². The number of anilines is 3. The van der Waals surface area contributed by atoms with E-state index in [-0.39, 0.29) is 29.9 Å². The Morgan fingerprint density at radius 1 is 0.909 bits per heavy atom. The predicted octanol–water partition coefficient (Wildman–Crippen LogP) is 6.40. The van der Waals surface area contributed by atoms with Crippen molar-refractivity contribution in [2.75, 3.05) is 36.6 Å². The Kier molecular flexibility index (Phi) is 13.5. The number of carbonyl (C=O) groups is 1. The molecular formula is C25H37IN2O4Si. The molecule has 0 radical (unpaired) electrons. The van der Waals surface area contributed by atoms with Gasteiger partial charge in [-0.3, -0.25) is 4.79 Å². The molecule has 0 aliphatic rings. The van der Waals surface area contributed by atoms with E-state index in [9.17, 15) is 4.79 Å². The van der Waals surface area contributed by atoms with E-state index in [0.717, 1.165) is 36.1 Å². The minimum Gasteiger partial charge on any atom is -0.374 e. The van der Waals surface area contributed by atoms with Crippen molar-refractivity contribution < 1.29 is 18.1 Å². The molecule has 0 bridgehead atoms. The lowest BCUT2D eigenvalue weighted by Gasteiger charge is -2.30. The first-order chi connectivity index (χ1) is 15.4. The Morgan fingerprint density at radius 3 is 1.91 bits per heavy atom. The third-order valence-corrected chi connectivity index (χ3v) is 8.00. The molecule has 2 aromatic carbocycles. The van der Waals surface area contributed by atoms with Gasteiger partial charge in [0.25, 0.3) is 5.91 Å². The zero-order valence-electron chi connectivity index (χ0n) is 20.1. The number of halogens is 1. The standard InChI is InChI=1S/C25H36N2O4Si.HI/c1-6-29-32(30-7-2,31-8-3)20-12-19-27(23-13-10-9-11-14-23)24-17-15-22(16-18-24)26-25(28)21(4)5;/h9-11,13-18H,4,6-8,12,19-20H2,1-3,5H3,(H,26,28);1H. The van der Waals surface area contributed by atoms with Gasteiger partial charge in [-0.05, 0) is 70.5 Å². The minimum absolute atomic E-state index is 0. The van der Waals surface area contributed by atoms with E-state index in [2.05, 4.69) is 28.9 Å². The molecule has 0 heterocycles. The molecule has 0 atom stereocenters. The molecule has 0 fully saturated rings. The van der Waals surface area contributed by atoms with E-state index in [4.69, 9.17) is 13.3 Å². The van der Waals surface area contributed by atoms with E-state index in [0.29, 0.717) is 25.4 Å². The van der Waals surface area contributed by atoms with Crippen LogP contribution < -0.4 is 10.2 Å². The van der Waals surface area contributed by atoms with Crippen molar-refractivity contribution >= 4 is 55.8 Å². The molecule has 0 spiro atoms. The fraction of sp³-hybridized carbons (Fsp3) is 0.400. The van der Waals surface area contributed by atoms with Gasteiger partial charge in [0.1, 0.15) is 0 Å². The molecule has 8 heteroatoms. The molecule has 0 aromatic heterocycles. The smallest absolute Gasteiger partial charge is 0.374 e. The van der Waals surface area contributed by atoms with Gasteiger partial charge in [0, 0.05) is 55.0 Å². The number of benzene rings is 2. The van der Waals surface area contributed by atoms with Crippen molar-refractivity contribution in [3.05, 3.63) is 66.7 Å². The number of nitrogens with one attached hydrogen (secondary N) is 1. The fourth-order valence-electron chi connectivity index (χ4n) is 3.43. The Morgan fingerprint density at radius 2 is 1.42 bits per heavy atom. The highest BCUT2D eigenvalue weighted by atomic mass is 127. The van der Waals surface area contributed by atoms with Gasteiger partial charge in [0.05, 0.1) is 0 Å². The zero-order chi connectivity index (χ0) is 23.4. The van der Waals surface area contributed by atoms with Crippen molar-refractivity contribution in [3.63, 3.8) is 0 Å². The molecule has 1 N–H and O–H groups in total. The number of para-hydroxylation sites is 1. The third kappa shape index (κ3) is 9.21. The molecule has 2 rings (SSSR count). The highest BCUT2D eigenvalue weighted by Crippen LogP contribution is 2.28. The monoisotopic (exact) mass is 584 g/mol. The zero-order valence-corrected chi connectivity index (χ0v) is 23.5. The molecular weight excluding hydrogens is 547 g/mol. The molecule has 0 saturated carbocycles. The Hall–Kier alpha value is -1.72. The van der Waals surface area contributed by atoms with Gasteiger partial charge in [-0.2, -0.15) is 0 Å². The molecule has 0 saturated heterocycles. The maximum Gasteiger partial charge on any atom is 0.500 e. The average Bonchev–Trinajstić information content (AvgIpc) is 2.78. The van der Waals surface area contributed by atoms with E-state index >= 15 is 0 Å². The summed E-state index contributed by atoms with van der Waals surface area (Å²) in [5.74, 6) is -0.179. The predicted molar refractivity (Wildman–Crippen MR) is 149 cm³/mol. The van der Waals surface area contributed by atoms with E-state index < -0.39 is 8.80 Å². The first kappa shape index (κ1) is 29.3. The summed E-state index contributed by atoms with van der Waals surface area (Å²) in [4.78, 5) is 14.2. The third-order valence-electron chi connectivity index (χ3n) is 4.85. The summed E-state index contributed by atoms with van der Waals surface area (Å²) in [5.41, 5.74) is 3.36. The van der Waals surface area contributed by atoms with Crippen molar-refractivity contribution in [1.29, 1.82) is 0 Å². The van der Waals surface area contributed by atoms with Crippen molar-refractivity contribution in [2.24, 2.45) is 0 Å². The average molecular weight is 585 g/mol. The highest BCUT2D eigenvalue weighted by molar-refractivity contribution is 14.0. The normalized spacial score (nSPS) is 10.9. The van der Waals surface area contributed by atoms with E-state index in [1.807, 2.05) is 63.2 Å². The topological polar surface area (TPSA) is 60.0 Å². The van der Waals surface area contributed by atoms with E-state index in [1.165, 1.54) is 0 Å². The summed E-state index contributed by atoms with van der Waals surface area (Å²) in [7, 11) is -2.68. The summed E-state index contributed by atoms with van der Waals surface area (Å²) in [6.45, 7) is 13.8. The number of hydrogen-bond acceptors (Lipinski definition) is 5. The van der Waals surface area contributed by atoms with Gasteiger partial charge in [-0.25, -0.2) is 0 Å². The van der Waals surface area contributed by atoms with Crippen LogP contribution in [-0.4, -0.2) is 41.1 Å². The Labute approximate surface area is 216 Å². The second-order valence-electron chi connectivity index (χ2n) is 7.35. The summed E-state index contributed by atoms with van der Waals surface area (Å²) < 4.78 is 18.0.